The van der Waals surface area contributed by atoms with Crippen LogP contribution in [0.25, 0.3) is 0 Å². The summed E-state index contributed by atoms with van der Waals surface area (Å²) in [4.78, 5) is 12.2. The van der Waals surface area contributed by atoms with Gasteiger partial charge in [0.05, 0.1) is 5.69 Å². The van der Waals surface area contributed by atoms with E-state index < -0.39 is 0 Å². The quantitative estimate of drug-likeness (QED) is 0.788. The molecule has 19 heavy (non-hydrogen) atoms. The van der Waals surface area contributed by atoms with Crippen molar-refractivity contribution in [3.05, 3.63) is 29.7 Å². The minimum Gasteiger partial charge on any atom is -0.397 e. The fourth-order valence-electron chi connectivity index (χ4n) is 1.90. The van der Waals surface area contributed by atoms with E-state index in [4.69, 9.17) is 5.73 Å². The number of anilines is 2. The van der Waals surface area contributed by atoms with Crippen LogP contribution in [0.4, 0.5) is 11.5 Å². The van der Waals surface area contributed by atoms with E-state index in [-0.39, 0.29) is 11.9 Å². The molecule has 1 amide bonds. The zero-order valence-corrected chi connectivity index (χ0v) is 11.4. The lowest BCUT2D eigenvalue weighted by Gasteiger charge is -2.11. The van der Waals surface area contributed by atoms with Gasteiger partial charge in [-0.1, -0.05) is 6.92 Å². The predicted octanol–water partition coefficient (Wildman–Crippen LogP) is 2.19. The molecule has 2 aromatic rings. The van der Waals surface area contributed by atoms with E-state index in [2.05, 4.69) is 15.5 Å². The maximum absolute atomic E-state index is 12.2. The van der Waals surface area contributed by atoms with Crippen LogP contribution in [0, 0.1) is 0 Å². The number of aromatic nitrogens is 3. The second-order valence-corrected chi connectivity index (χ2v) is 4.75. The lowest BCUT2D eigenvalue weighted by molar-refractivity contribution is 0.101. The minimum atomic E-state index is -0.209. The van der Waals surface area contributed by atoms with Crippen LogP contribution in [0.3, 0.4) is 0 Å². The lowest BCUT2D eigenvalue weighted by atomic mass is 10.3. The van der Waals surface area contributed by atoms with Crippen molar-refractivity contribution in [3.63, 3.8) is 0 Å². The molecule has 0 bridgehead atoms. The van der Waals surface area contributed by atoms with E-state index >= 15 is 0 Å². The summed E-state index contributed by atoms with van der Waals surface area (Å²) in [7, 11) is 0. The number of aryl methyl sites for hydroxylation is 1. The van der Waals surface area contributed by atoms with E-state index in [1.165, 1.54) is 0 Å². The molecule has 0 saturated heterocycles. The van der Waals surface area contributed by atoms with Gasteiger partial charge < -0.3 is 15.6 Å². The molecule has 6 nitrogen and oxygen atoms in total. The number of H-pyrrole nitrogens is 1. The molecule has 0 aliphatic rings. The first-order chi connectivity index (χ1) is 9.01. The van der Waals surface area contributed by atoms with Crippen LogP contribution < -0.4 is 11.1 Å². The molecule has 0 fully saturated rings. The third kappa shape index (κ3) is 2.78. The Morgan fingerprint density at radius 2 is 2.26 bits per heavy atom. The molecule has 2 rings (SSSR count). The zero-order chi connectivity index (χ0) is 14.0. The van der Waals surface area contributed by atoms with Crippen molar-refractivity contribution in [1.82, 2.24) is 14.8 Å². The van der Waals surface area contributed by atoms with Crippen LogP contribution in [0.2, 0.25) is 0 Å². The van der Waals surface area contributed by atoms with Gasteiger partial charge in [-0.2, -0.15) is 5.10 Å². The largest absolute Gasteiger partial charge is 0.397 e. The first-order valence-corrected chi connectivity index (χ1v) is 6.34. The highest BCUT2D eigenvalue weighted by Crippen LogP contribution is 2.18. The van der Waals surface area contributed by atoms with Gasteiger partial charge in [0.25, 0.3) is 5.91 Å². The number of amides is 1. The second-order valence-electron chi connectivity index (χ2n) is 4.75. The molecule has 102 valence electrons. The number of nitrogens with two attached hydrogens (primary N) is 1. The number of carbonyl (C=O) groups excluding carboxylic acids is 1. The number of hydrogen-bond acceptors (Lipinski definition) is 3. The Labute approximate surface area is 112 Å². The standard InChI is InChI=1S/C13H19N5O/c1-4-10-6-12(17-16-10)15-13(19)11-5-9(14)7-18(11)8(2)3/h5-8H,4,14H2,1-3H3,(H2,15,16,17,19). The highest BCUT2D eigenvalue weighted by molar-refractivity contribution is 6.03. The Bertz CT molecular complexity index is 582. The van der Waals surface area contributed by atoms with Gasteiger partial charge in [0, 0.05) is 24.0 Å². The van der Waals surface area contributed by atoms with Crippen molar-refractivity contribution in [3.8, 4) is 0 Å². The fraction of sp³-hybridized carbons (Fsp3) is 0.385. The van der Waals surface area contributed by atoms with Crippen molar-refractivity contribution in [2.75, 3.05) is 11.1 Å². The second kappa shape index (κ2) is 5.17. The smallest absolute Gasteiger partial charge is 0.273 e. The summed E-state index contributed by atoms with van der Waals surface area (Å²) in [5.74, 6) is 0.316. The Kier molecular flexibility index (Phi) is 3.59. The van der Waals surface area contributed by atoms with Gasteiger partial charge in [-0.05, 0) is 26.3 Å². The molecular formula is C13H19N5O. The molecule has 0 aliphatic carbocycles. The third-order valence-corrected chi connectivity index (χ3v) is 2.91. The molecule has 0 aromatic carbocycles. The first kappa shape index (κ1) is 13.2. The third-order valence-electron chi connectivity index (χ3n) is 2.91. The monoisotopic (exact) mass is 261 g/mol. The Hall–Kier alpha value is -2.24. The Morgan fingerprint density at radius 3 is 2.84 bits per heavy atom. The van der Waals surface area contributed by atoms with Gasteiger partial charge in [-0.15, -0.1) is 0 Å². The molecule has 0 spiro atoms. The maximum Gasteiger partial charge on any atom is 0.273 e. The summed E-state index contributed by atoms with van der Waals surface area (Å²) in [6.45, 7) is 6.02. The molecule has 4 N–H and O–H groups in total. The summed E-state index contributed by atoms with van der Waals surface area (Å²) in [6.07, 6.45) is 2.61. The molecule has 2 heterocycles. The van der Waals surface area contributed by atoms with E-state index in [1.54, 1.807) is 12.3 Å². The lowest BCUT2D eigenvalue weighted by Crippen LogP contribution is -2.17. The number of nitrogens with zero attached hydrogens (tertiary/aromatic N) is 2. The summed E-state index contributed by atoms with van der Waals surface area (Å²) < 4.78 is 1.85. The number of aromatic amines is 1. The van der Waals surface area contributed by atoms with Gasteiger partial charge in [-0.3, -0.25) is 9.89 Å². The zero-order valence-electron chi connectivity index (χ0n) is 11.4. The molecule has 6 heteroatoms. The number of nitrogen functional groups attached to an aromatic ring is 1. The van der Waals surface area contributed by atoms with Crippen molar-refractivity contribution in [2.45, 2.75) is 33.2 Å². The summed E-state index contributed by atoms with van der Waals surface area (Å²) in [5, 5.41) is 9.66. The van der Waals surface area contributed by atoms with Crippen LogP contribution in [0.5, 0.6) is 0 Å². The Morgan fingerprint density at radius 1 is 1.53 bits per heavy atom. The van der Waals surface area contributed by atoms with Crippen LogP contribution in [0.1, 0.15) is 43.0 Å². The molecule has 2 aromatic heterocycles. The topological polar surface area (TPSA) is 88.7 Å². The van der Waals surface area contributed by atoms with E-state index in [1.807, 2.05) is 31.4 Å². The molecule has 0 unspecified atom stereocenters. The predicted molar refractivity (Wildman–Crippen MR) is 75.1 cm³/mol. The van der Waals surface area contributed by atoms with Crippen LogP contribution in [0.15, 0.2) is 18.3 Å². The maximum atomic E-state index is 12.2. The number of rotatable bonds is 4. The van der Waals surface area contributed by atoms with Crippen molar-refractivity contribution in [1.29, 1.82) is 0 Å². The van der Waals surface area contributed by atoms with Gasteiger partial charge in [0.2, 0.25) is 0 Å². The van der Waals surface area contributed by atoms with Gasteiger partial charge in [-0.25, -0.2) is 0 Å². The highest BCUT2D eigenvalue weighted by atomic mass is 16.2. The van der Waals surface area contributed by atoms with Crippen molar-refractivity contribution in [2.24, 2.45) is 0 Å². The van der Waals surface area contributed by atoms with Gasteiger partial charge >= 0.3 is 0 Å². The average molecular weight is 261 g/mol. The van der Waals surface area contributed by atoms with Crippen molar-refractivity contribution < 1.29 is 4.79 Å². The van der Waals surface area contributed by atoms with E-state index in [9.17, 15) is 4.79 Å². The van der Waals surface area contributed by atoms with Crippen molar-refractivity contribution >= 4 is 17.4 Å². The SMILES string of the molecule is CCc1cc(NC(=O)c2cc(N)cn2C(C)C)n[nH]1. The first-order valence-electron chi connectivity index (χ1n) is 6.34. The van der Waals surface area contributed by atoms with Gasteiger partial charge in [0.15, 0.2) is 5.82 Å². The highest BCUT2D eigenvalue weighted by Gasteiger charge is 2.15. The molecular weight excluding hydrogens is 242 g/mol. The minimum absolute atomic E-state index is 0.170. The summed E-state index contributed by atoms with van der Waals surface area (Å²) >= 11 is 0. The average Bonchev–Trinajstić information content (AvgIpc) is 2.95. The summed E-state index contributed by atoms with van der Waals surface area (Å²) in [6, 6.07) is 3.66. The van der Waals surface area contributed by atoms with Crippen LogP contribution in [-0.2, 0) is 6.42 Å². The number of nitrogens with one attached hydrogen (secondary N) is 2. The summed E-state index contributed by atoms with van der Waals surface area (Å²) in [5.41, 5.74) is 7.85. The molecule has 0 radical (unpaired) electrons. The fourth-order valence-corrected chi connectivity index (χ4v) is 1.90. The normalized spacial score (nSPS) is 10.9. The number of hydrogen-bond donors (Lipinski definition) is 3. The van der Waals surface area contributed by atoms with Crippen LogP contribution in [-0.4, -0.2) is 20.7 Å². The molecule has 0 atom stereocenters. The van der Waals surface area contributed by atoms with Crippen LogP contribution >= 0.6 is 0 Å². The van der Waals surface area contributed by atoms with E-state index in [0.29, 0.717) is 17.2 Å². The van der Waals surface area contributed by atoms with Gasteiger partial charge in [0.1, 0.15) is 5.69 Å². The Balaban J connectivity index is 2.20. The van der Waals surface area contributed by atoms with E-state index in [0.717, 1.165) is 12.1 Å². The number of carbonyl (C=O) groups is 1. The molecule has 0 saturated carbocycles. The molecule has 0 aliphatic heterocycles.